The number of ether oxygens (including phenoxy) is 2. The van der Waals surface area contributed by atoms with Crippen LogP contribution in [0.3, 0.4) is 0 Å². The molecule has 2 saturated heterocycles. The molecule has 0 bridgehead atoms. The monoisotopic (exact) mass is 803 g/mol. The van der Waals surface area contributed by atoms with Gasteiger partial charge < -0.3 is 39.9 Å². The van der Waals surface area contributed by atoms with Crippen molar-refractivity contribution >= 4 is 45.7 Å². The first-order chi connectivity index (χ1) is 28.3. The molecule has 59 heavy (non-hydrogen) atoms. The van der Waals surface area contributed by atoms with Gasteiger partial charge >= 0.3 is 12.2 Å². The van der Waals surface area contributed by atoms with Crippen LogP contribution >= 0.6 is 0 Å². The van der Waals surface area contributed by atoms with Crippen LogP contribution in [0.25, 0.3) is 44.1 Å². The van der Waals surface area contributed by atoms with Gasteiger partial charge in [0.15, 0.2) is 5.43 Å². The van der Waals surface area contributed by atoms with E-state index in [1.54, 1.807) is 17.2 Å². The molecule has 5 aromatic rings. The Hall–Kier alpha value is -6.18. The van der Waals surface area contributed by atoms with E-state index in [0.29, 0.717) is 30.7 Å². The van der Waals surface area contributed by atoms with Gasteiger partial charge in [0.05, 0.1) is 37.7 Å². The summed E-state index contributed by atoms with van der Waals surface area (Å²) in [6, 6.07) is 18.2. The first-order valence-electron chi connectivity index (χ1n) is 20.4. The van der Waals surface area contributed by atoms with E-state index < -0.39 is 24.3 Å². The third-order valence-corrected chi connectivity index (χ3v) is 11.7. The molecule has 4 N–H and O–H groups in total. The van der Waals surface area contributed by atoms with Crippen molar-refractivity contribution < 1.29 is 28.7 Å². The summed E-state index contributed by atoms with van der Waals surface area (Å²) in [5.74, 6) is 0.170. The number of likely N-dealkylation sites (tertiary alicyclic amines) is 2. The van der Waals surface area contributed by atoms with Crippen LogP contribution in [0, 0.1) is 11.8 Å². The lowest BCUT2D eigenvalue weighted by Crippen LogP contribution is -2.52. The number of carbonyl (C=O) groups excluding carboxylic acids is 4. The second-order valence-corrected chi connectivity index (χ2v) is 16.3. The fraction of sp³-hybridized carbons (Fsp3) is 0.422. The summed E-state index contributed by atoms with van der Waals surface area (Å²) in [7, 11) is 2.57. The number of amides is 4. The number of nitrogens with one attached hydrogen (secondary N) is 4. The van der Waals surface area contributed by atoms with Gasteiger partial charge in [-0.05, 0) is 83.7 Å². The van der Waals surface area contributed by atoms with Crippen LogP contribution in [0.4, 0.5) is 9.59 Å². The molecule has 3 aromatic carbocycles. The summed E-state index contributed by atoms with van der Waals surface area (Å²) in [4.78, 5) is 79.8. The molecule has 14 heteroatoms. The molecule has 7 rings (SSSR count). The Morgan fingerprint density at radius 3 is 1.98 bits per heavy atom. The second-order valence-electron chi connectivity index (χ2n) is 16.3. The minimum Gasteiger partial charge on any atom is -0.453 e. The number of aromatic amines is 2. The number of methoxy groups -OCH3 is 2. The number of pyridine rings is 1. The van der Waals surface area contributed by atoms with E-state index in [1.165, 1.54) is 14.2 Å². The standard InChI is InChI=1S/C45H53N7O7/c1-25(2)39(49-44(56)58-5)42(54)51-17-7-9-33(51)22-32-23-38(53)34-16-15-30(21-35(34)47-32)28-11-12-29-20-31(14-13-27(29)19-28)36-24-46-41(48-36)37-10-8-18-52(37)43(55)40(26(3)4)50-45(57)59-6/h11-16,19-21,23-26,33,37,39-40H,7-10,17-18,22H2,1-6H3,(H,46,48)(H,47,53)(H,49,56)(H,50,57). The second kappa shape index (κ2) is 17.4. The van der Waals surface area contributed by atoms with Crippen molar-refractivity contribution in [2.24, 2.45) is 11.8 Å². The fourth-order valence-corrected chi connectivity index (χ4v) is 8.51. The van der Waals surface area contributed by atoms with Crippen molar-refractivity contribution in [3.63, 3.8) is 0 Å². The number of imidazole rings is 1. The lowest BCUT2D eigenvalue weighted by atomic mass is 9.98. The number of hydrogen-bond acceptors (Lipinski definition) is 8. The molecule has 0 aliphatic carbocycles. The Bertz CT molecular complexity index is 2440. The largest absolute Gasteiger partial charge is 0.453 e. The third-order valence-electron chi connectivity index (χ3n) is 11.7. The number of hydrogen-bond donors (Lipinski definition) is 4. The van der Waals surface area contributed by atoms with Crippen LogP contribution < -0.4 is 16.1 Å². The minimum absolute atomic E-state index is 0.0841. The average molecular weight is 804 g/mol. The Kier molecular flexibility index (Phi) is 12.1. The van der Waals surface area contributed by atoms with Gasteiger partial charge in [-0.15, -0.1) is 0 Å². The Morgan fingerprint density at radius 1 is 0.746 bits per heavy atom. The number of nitrogens with zero attached hydrogens (tertiary/aromatic N) is 3. The molecular weight excluding hydrogens is 751 g/mol. The highest BCUT2D eigenvalue weighted by molar-refractivity contribution is 5.92. The number of carbonyl (C=O) groups is 4. The molecule has 4 heterocycles. The molecule has 2 fully saturated rings. The third kappa shape index (κ3) is 8.67. The SMILES string of the molecule is COC(=O)NC(C(=O)N1CCCC1Cc1cc(=O)c2ccc(-c3ccc4cc(-c5cnc(C6CCCN6C(=O)C(NC(=O)OC)C(C)C)[nH]5)ccc4c3)cc2[nH]1)C(C)C. The summed E-state index contributed by atoms with van der Waals surface area (Å²) in [6.07, 6.45) is 4.26. The van der Waals surface area contributed by atoms with Crippen molar-refractivity contribution in [1.29, 1.82) is 0 Å². The molecule has 4 atom stereocenters. The molecule has 4 amide bonds. The van der Waals surface area contributed by atoms with Crippen molar-refractivity contribution in [2.45, 2.75) is 84.0 Å². The number of rotatable bonds is 11. The maximum atomic E-state index is 13.6. The van der Waals surface area contributed by atoms with Crippen molar-refractivity contribution in [1.82, 2.24) is 35.4 Å². The van der Waals surface area contributed by atoms with Gasteiger partial charge in [-0.3, -0.25) is 14.4 Å². The van der Waals surface area contributed by atoms with E-state index in [9.17, 15) is 24.0 Å². The molecule has 2 aliphatic heterocycles. The number of alkyl carbamates (subject to hydrolysis) is 2. The van der Waals surface area contributed by atoms with Gasteiger partial charge in [-0.1, -0.05) is 58.0 Å². The molecule has 0 saturated carbocycles. The zero-order chi connectivity index (χ0) is 42.0. The van der Waals surface area contributed by atoms with Gasteiger partial charge in [0, 0.05) is 48.3 Å². The summed E-state index contributed by atoms with van der Waals surface area (Å²) >= 11 is 0. The molecule has 2 aliphatic rings. The minimum atomic E-state index is -0.706. The van der Waals surface area contributed by atoms with Gasteiger partial charge in [0.25, 0.3) is 0 Å². The van der Waals surface area contributed by atoms with E-state index in [0.717, 1.165) is 70.1 Å². The average Bonchev–Trinajstić information content (AvgIpc) is 4.02. The maximum absolute atomic E-state index is 13.6. The smallest absolute Gasteiger partial charge is 0.407 e. The van der Waals surface area contributed by atoms with Crippen LogP contribution in [-0.4, -0.2) is 94.2 Å². The maximum Gasteiger partial charge on any atom is 0.407 e. The molecule has 4 unspecified atom stereocenters. The highest BCUT2D eigenvalue weighted by Gasteiger charge is 2.38. The predicted octanol–water partition coefficient (Wildman–Crippen LogP) is 6.70. The van der Waals surface area contributed by atoms with E-state index in [-0.39, 0.29) is 41.2 Å². The van der Waals surface area contributed by atoms with Crippen LogP contribution in [0.5, 0.6) is 0 Å². The predicted molar refractivity (Wildman–Crippen MR) is 226 cm³/mol. The van der Waals surface area contributed by atoms with Gasteiger partial charge in [0.1, 0.15) is 17.9 Å². The van der Waals surface area contributed by atoms with Crippen molar-refractivity contribution in [3.8, 4) is 22.4 Å². The highest BCUT2D eigenvalue weighted by atomic mass is 16.5. The topological polar surface area (TPSA) is 179 Å². The molecular formula is C45H53N7O7. The molecule has 0 radical (unpaired) electrons. The Labute approximate surface area is 343 Å². The summed E-state index contributed by atoms with van der Waals surface area (Å²) < 4.78 is 9.53. The first kappa shape index (κ1) is 41.0. The number of benzene rings is 3. The molecule has 0 spiro atoms. The quantitative estimate of drug-likeness (QED) is 0.114. The lowest BCUT2D eigenvalue weighted by molar-refractivity contribution is -0.136. The van der Waals surface area contributed by atoms with Crippen LogP contribution in [0.1, 0.15) is 70.9 Å². The van der Waals surface area contributed by atoms with Crippen LogP contribution in [0.2, 0.25) is 0 Å². The number of aromatic nitrogens is 3. The summed E-state index contributed by atoms with van der Waals surface area (Å²) in [5, 5.41) is 8.07. The van der Waals surface area contributed by atoms with Gasteiger partial charge in [-0.25, -0.2) is 14.6 Å². The van der Waals surface area contributed by atoms with Gasteiger partial charge in [-0.2, -0.15) is 0 Å². The van der Waals surface area contributed by atoms with Crippen molar-refractivity contribution in [2.75, 3.05) is 27.3 Å². The Balaban J connectivity index is 1.08. The van der Waals surface area contributed by atoms with E-state index in [1.807, 2.05) is 56.9 Å². The van der Waals surface area contributed by atoms with Crippen LogP contribution in [-0.2, 0) is 25.5 Å². The zero-order valence-electron chi connectivity index (χ0n) is 34.5. The normalized spacial score (nSPS) is 17.8. The number of H-pyrrole nitrogens is 2. The highest BCUT2D eigenvalue weighted by Crippen LogP contribution is 2.34. The molecule has 14 nitrogen and oxygen atoms in total. The molecule has 2 aromatic heterocycles. The van der Waals surface area contributed by atoms with E-state index in [2.05, 4.69) is 50.9 Å². The first-order valence-corrected chi connectivity index (χ1v) is 20.4. The van der Waals surface area contributed by atoms with Gasteiger partial charge in [0.2, 0.25) is 11.8 Å². The zero-order valence-corrected chi connectivity index (χ0v) is 34.5. The summed E-state index contributed by atoms with van der Waals surface area (Å²) in [5.41, 5.74) is 5.15. The lowest BCUT2D eigenvalue weighted by Gasteiger charge is -2.30. The van der Waals surface area contributed by atoms with Crippen LogP contribution in [0.15, 0.2) is 71.7 Å². The summed E-state index contributed by atoms with van der Waals surface area (Å²) in [6.45, 7) is 8.74. The van der Waals surface area contributed by atoms with Crippen molar-refractivity contribution in [3.05, 3.63) is 88.6 Å². The number of fused-ring (bicyclic) bond motifs is 2. The van der Waals surface area contributed by atoms with E-state index in [4.69, 9.17) is 14.5 Å². The Morgan fingerprint density at radius 2 is 1.32 bits per heavy atom. The fourth-order valence-electron chi connectivity index (χ4n) is 8.51. The van der Waals surface area contributed by atoms with E-state index >= 15 is 0 Å². The molecule has 310 valence electrons.